The van der Waals surface area contributed by atoms with Gasteiger partial charge in [0.25, 0.3) is 5.91 Å². The van der Waals surface area contributed by atoms with Crippen molar-refractivity contribution in [1.82, 2.24) is 15.1 Å². The molecule has 1 atom stereocenters. The lowest BCUT2D eigenvalue weighted by molar-refractivity contribution is -0.140. The predicted octanol–water partition coefficient (Wildman–Crippen LogP) is 2.54. The van der Waals surface area contributed by atoms with E-state index >= 15 is 0 Å². The highest BCUT2D eigenvalue weighted by Gasteiger charge is 2.54. The van der Waals surface area contributed by atoms with E-state index in [2.05, 4.69) is 16.3 Å². The summed E-state index contributed by atoms with van der Waals surface area (Å²) in [6, 6.07) is 18.5. The molecular weight excluding hydrogens is 504 g/mol. The fourth-order valence-electron chi connectivity index (χ4n) is 6.40. The van der Waals surface area contributed by atoms with Crippen LogP contribution in [0.15, 0.2) is 54.6 Å². The minimum atomic E-state index is -0.805. The molecule has 2 aromatic carbocycles. The molecular formula is C31H38N6O3. The topological polar surface area (TPSA) is 123 Å². The van der Waals surface area contributed by atoms with E-state index in [0.29, 0.717) is 44.6 Å². The van der Waals surface area contributed by atoms with E-state index in [1.165, 1.54) is 6.42 Å². The van der Waals surface area contributed by atoms with Gasteiger partial charge in [-0.25, -0.2) is 0 Å². The molecule has 9 heteroatoms. The molecule has 210 valence electrons. The van der Waals surface area contributed by atoms with Crippen molar-refractivity contribution in [1.29, 1.82) is 5.26 Å². The van der Waals surface area contributed by atoms with Gasteiger partial charge in [-0.1, -0.05) is 49.6 Å². The molecule has 0 radical (unpaired) electrons. The number of nitrogens with one attached hydrogen (secondary N) is 1. The van der Waals surface area contributed by atoms with Gasteiger partial charge in [0, 0.05) is 24.8 Å². The minimum Gasteiger partial charge on any atom is -0.352 e. The van der Waals surface area contributed by atoms with Crippen molar-refractivity contribution in [2.75, 3.05) is 31.2 Å². The Balaban J connectivity index is 1.25. The number of amides is 3. The van der Waals surface area contributed by atoms with Crippen LogP contribution in [0.5, 0.6) is 0 Å². The number of hydrogen-bond donors (Lipinski definition) is 2. The number of carbonyl (C=O) groups is 3. The molecule has 0 bridgehead atoms. The number of piperidine rings is 1. The van der Waals surface area contributed by atoms with Crippen LogP contribution in [-0.2, 0) is 20.8 Å². The SMILES string of the molecule is N#Cc1ccc(C[C@@H](N)C(=O)N2CCC3(CC2)C(=O)N(CC(=O)NC2CCCCC2)CN3c2ccccc2)cc1. The van der Waals surface area contributed by atoms with Gasteiger partial charge in [0.2, 0.25) is 11.8 Å². The maximum atomic E-state index is 14.0. The molecule has 1 saturated carbocycles. The summed E-state index contributed by atoms with van der Waals surface area (Å²) in [5, 5.41) is 12.1. The molecule has 0 unspecified atom stereocenters. The number of benzene rings is 2. The number of hydrogen-bond acceptors (Lipinski definition) is 6. The first-order valence-electron chi connectivity index (χ1n) is 14.3. The molecule has 1 aliphatic carbocycles. The third-order valence-corrected chi connectivity index (χ3v) is 8.64. The lowest BCUT2D eigenvalue weighted by Gasteiger charge is -2.43. The van der Waals surface area contributed by atoms with E-state index in [4.69, 9.17) is 11.0 Å². The van der Waals surface area contributed by atoms with Crippen molar-refractivity contribution >= 4 is 23.4 Å². The highest BCUT2D eigenvalue weighted by atomic mass is 16.2. The summed E-state index contributed by atoms with van der Waals surface area (Å²) in [6.07, 6.45) is 6.79. The van der Waals surface area contributed by atoms with Crippen molar-refractivity contribution in [2.24, 2.45) is 5.73 Å². The lowest BCUT2D eigenvalue weighted by Crippen LogP contribution is -2.59. The van der Waals surface area contributed by atoms with Crippen LogP contribution >= 0.6 is 0 Å². The van der Waals surface area contributed by atoms with E-state index in [1.54, 1.807) is 21.9 Å². The molecule has 0 aromatic heterocycles. The van der Waals surface area contributed by atoms with Crippen molar-refractivity contribution < 1.29 is 14.4 Å². The number of nitrogens with two attached hydrogens (primary N) is 1. The molecule has 5 rings (SSSR count). The number of anilines is 1. The fourth-order valence-corrected chi connectivity index (χ4v) is 6.40. The Morgan fingerprint density at radius 1 is 1.02 bits per heavy atom. The van der Waals surface area contributed by atoms with Crippen molar-refractivity contribution in [2.45, 2.75) is 69.0 Å². The minimum absolute atomic E-state index is 0.0402. The highest BCUT2D eigenvalue weighted by Crippen LogP contribution is 2.39. The zero-order chi connectivity index (χ0) is 28.1. The number of likely N-dealkylation sites (tertiary alicyclic amines) is 1. The van der Waals surface area contributed by atoms with Gasteiger partial charge in [0.15, 0.2) is 0 Å². The van der Waals surface area contributed by atoms with E-state index in [0.717, 1.165) is 36.9 Å². The second-order valence-corrected chi connectivity index (χ2v) is 11.3. The van der Waals surface area contributed by atoms with Gasteiger partial charge in [-0.05, 0) is 61.9 Å². The number of nitriles is 1. The smallest absolute Gasteiger partial charge is 0.250 e. The lowest BCUT2D eigenvalue weighted by atomic mass is 9.85. The predicted molar refractivity (Wildman–Crippen MR) is 152 cm³/mol. The standard InChI is InChI=1S/C31H38N6O3/c32-20-24-13-11-23(12-14-24)19-27(33)29(39)35-17-15-31(16-18-35)30(40)36(22-37(31)26-9-5-2-6-10-26)21-28(38)34-25-7-3-1-4-8-25/h2,5-6,9-14,25,27H,1,3-4,7-8,15-19,21-22,33H2,(H,34,38)/t27-/m1/s1. The largest absolute Gasteiger partial charge is 0.352 e. The normalized spacial score (nSPS) is 19.9. The first-order chi connectivity index (χ1) is 19.4. The molecule has 3 N–H and O–H groups in total. The summed E-state index contributed by atoms with van der Waals surface area (Å²) in [5.74, 6) is -0.296. The maximum absolute atomic E-state index is 14.0. The van der Waals surface area contributed by atoms with E-state index in [1.807, 2.05) is 42.5 Å². The van der Waals surface area contributed by atoms with Crippen LogP contribution in [0.2, 0.25) is 0 Å². The molecule has 3 fully saturated rings. The molecule has 2 saturated heterocycles. The average molecular weight is 543 g/mol. The van der Waals surface area contributed by atoms with Crippen LogP contribution in [0.3, 0.4) is 0 Å². The second kappa shape index (κ2) is 12.1. The third kappa shape index (κ3) is 5.82. The molecule has 2 heterocycles. The number of rotatable bonds is 7. The van der Waals surface area contributed by atoms with Gasteiger partial charge in [-0.3, -0.25) is 14.4 Å². The van der Waals surface area contributed by atoms with Crippen molar-refractivity contribution in [3.63, 3.8) is 0 Å². The highest BCUT2D eigenvalue weighted by molar-refractivity contribution is 5.96. The molecule has 2 aromatic rings. The van der Waals surface area contributed by atoms with Crippen LogP contribution in [0.25, 0.3) is 0 Å². The third-order valence-electron chi connectivity index (χ3n) is 8.64. The molecule has 40 heavy (non-hydrogen) atoms. The van der Waals surface area contributed by atoms with Gasteiger partial charge in [-0.2, -0.15) is 5.26 Å². The van der Waals surface area contributed by atoms with Gasteiger partial charge < -0.3 is 25.8 Å². The summed E-state index contributed by atoms with van der Waals surface area (Å²) in [5.41, 5.74) is 7.90. The summed E-state index contributed by atoms with van der Waals surface area (Å²) < 4.78 is 0. The summed E-state index contributed by atoms with van der Waals surface area (Å²) in [6.45, 7) is 1.21. The van der Waals surface area contributed by atoms with Gasteiger partial charge in [-0.15, -0.1) is 0 Å². The number of nitrogens with zero attached hydrogens (tertiary/aromatic N) is 4. The zero-order valence-corrected chi connectivity index (χ0v) is 22.9. The molecule has 2 aliphatic heterocycles. The second-order valence-electron chi connectivity index (χ2n) is 11.3. The summed E-state index contributed by atoms with van der Waals surface area (Å²) >= 11 is 0. The Morgan fingerprint density at radius 3 is 2.35 bits per heavy atom. The van der Waals surface area contributed by atoms with Crippen LogP contribution in [-0.4, -0.2) is 71.4 Å². The fraction of sp³-hybridized carbons (Fsp3) is 0.484. The van der Waals surface area contributed by atoms with Crippen LogP contribution in [0, 0.1) is 11.3 Å². The van der Waals surface area contributed by atoms with Crippen molar-refractivity contribution in [3.8, 4) is 6.07 Å². The van der Waals surface area contributed by atoms with Gasteiger partial charge >= 0.3 is 0 Å². The molecule has 3 aliphatic rings. The maximum Gasteiger partial charge on any atom is 0.250 e. The van der Waals surface area contributed by atoms with Gasteiger partial charge in [0.05, 0.1) is 24.3 Å². The average Bonchev–Trinajstić information content (AvgIpc) is 3.24. The Labute approximate surface area is 235 Å². The Kier molecular flexibility index (Phi) is 8.36. The van der Waals surface area contributed by atoms with Crippen LogP contribution < -0.4 is 16.0 Å². The first kappa shape index (κ1) is 27.7. The Hall–Kier alpha value is -3.90. The van der Waals surface area contributed by atoms with Crippen molar-refractivity contribution in [3.05, 3.63) is 65.7 Å². The molecule has 1 spiro atoms. The van der Waals surface area contributed by atoms with E-state index in [-0.39, 0.29) is 30.3 Å². The summed E-state index contributed by atoms with van der Waals surface area (Å²) in [4.78, 5) is 45.7. The Bertz CT molecular complexity index is 1240. The quantitative estimate of drug-likeness (QED) is 0.555. The Morgan fingerprint density at radius 2 is 1.70 bits per heavy atom. The zero-order valence-electron chi connectivity index (χ0n) is 22.9. The van der Waals surface area contributed by atoms with Crippen LogP contribution in [0.4, 0.5) is 5.69 Å². The van der Waals surface area contributed by atoms with E-state index in [9.17, 15) is 14.4 Å². The summed E-state index contributed by atoms with van der Waals surface area (Å²) in [7, 11) is 0. The molecule has 9 nitrogen and oxygen atoms in total. The van der Waals surface area contributed by atoms with Crippen LogP contribution in [0.1, 0.15) is 56.1 Å². The van der Waals surface area contributed by atoms with E-state index < -0.39 is 11.6 Å². The number of carbonyl (C=O) groups excluding carboxylic acids is 3. The first-order valence-corrected chi connectivity index (χ1v) is 14.3. The molecule has 3 amide bonds. The monoisotopic (exact) mass is 542 g/mol. The number of para-hydroxylation sites is 1. The van der Waals surface area contributed by atoms with Gasteiger partial charge in [0.1, 0.15) is 12.1 Å².